The van der Waals surface area contributed by atoms with Crippen LogP contribution in [0.3, 0.4) is 0 Å². The summed E-state index contributed by atoms with van der Waals surface area (Å²) in [7, 11) is 0. The number of hydrogen-bond donors (Lipinski definition) is 0. The van der Waals surface area contributed by atoms with Gasteiger partial charge in [-0.25, -0.2) is 0 Å². The number of carbonyl (C=O) groups is 2. The molecule has 0 fully saturated rings. The molecule has 3 rings (SSSR count). The lowest BCUT2D eigenvalue weighted by atomic mass is 9.79. The number of allylic oxidation sites excluding steroid dienone is 1. The van der Waals surface area contributed by atoms with Crippen LogP contribution in [-0.4, -0.2) is 28.8 Å². The van der Waals surface area contributed by atoms with Gasteiger partial charge in [-0.1, -0.05) is 17.7 Å². The smallest absolute Gasteiger partial charge is 0.192 e. The molecule has 0 saturated carbocycles. The van der Waals surface area contributed by atoms with Crippen molar-refractivity contribution in [3.05, 3.63) is 40.2 Å². The van der Waals surface area contributed by atoms with Gasteiger partial charge >= 0.3 is 0 Å². The van der Waals surface area contributed by atoms with E-state index in [2.05, 4.69) is 9.98 Å². The van der Waals surface area contributed by atoms with E-state index in [0.717, 1.165) is 5.57 Å². The number of halogens is 1. The van der Waals surface area contributed by atoms with E-state index in [1.54, 1.807) is 12.3 Å². The average molecular weight is 261 g/mol. The maximum Gasteiger partial charge on any atom is 0.192 e. The van der Waals surface area contributed by atoms with Gasteiger partial charge in [-0.3, -0.25) is 19.6 Å². The van der Waals surface area contributed by atoms with Gasteiger partial charge in [-0.2, -0.15) is 0 Å². The lowest BCUT2D eigenvalue weighted by molar-refractivity contribution is 0.0820. The van der Waals surface area contributed by atoms with E-state index in [4.69, 9.17) is 11.6 Å². The minimum absolute atomic E-state index is 0.162. The summed E-state index contributed by atoms with van der Waals surface area (Å²) in [6.45, 7) is 1.85. The summed E-state index contributed by atoms with van der Waals surface area (Å²) in [4.78, 5) is 32.8. The molecule has 0 spiro atoms. The average Bonchev–Trinajstić information content (AvgIpc) is 2.35. The molecule has 5 heteroatoms. The van der Waals surface area contributed by atoms with Crippen molar-refractivity contribution in [2.24, 2.45) is 10.9 Å². The van der Waals surface area contributed by atoms with Crippen molar-refractivity contribution in [2.75, 3.05) is 0 Å². The number of hydrogen-bond acceptors (Lipinski definition) is 4. The number of rotatable bonds is 0. The molecule has 0 bridgehead atoms. The van der Waals surface area contributed by atoms with E-state index >= 15 is 0 Å². The van der Waals surface area contributed by atoms with Gasteiger partial charge in [0.05, 0.1) is 16.5 Å². The maximum atomic E-state index is 12.3. The standard InChI is InChI=1S/C13H9ClN2O2/c1-6-4-7-10(16-5-6)13(18)9-8(14)2-3-15-11(9)12(7)17/h2-5,7,10H,1H3. The zero-order valence-corrected chi connectivity index (χ0v) is 10.3. The van der Waals surface area contributed by atoms with Gasteiger partial charge in [0.2, 0.25) is 0 Å². The van der Waals surface area contributed by atoms with E-state index in [1.165, 1.54) is 12.3 Å². The monoisotopic (exact) mass is 260 g/mol. The van der Waals surface area contributed by atoms with Crippen LogP contribution in [0.4, 0.5) is 0 Å². The predicted octanol–water partition coefficient (Wildman–Crippen LogP) is 2.13. The second-order valence-electron chi connectivity index (χ2n) is 4.40. The molecular formula is C13H9ClN2O2. The predicted molar refractivity (Wildman–Crippen MR) is 67.4 cm³/mol. The van der Waals surface area contributed by atoms with Crippen molar-refractivity contribution in [1.82, 2.24) is 4.98 Å². The summed E-state index contributed by atoms with van der Waals surface area (Å²) >= 11 is 5.98. The first-order valence-corrected chi connectivity index (χ1v) is 5.92. The lowest BCUT2D eigenvalue weighted by Crippen LogP contribution is -2.41. The Bertz CT molecular complexity index is 634. The van der Waals surface area contributed by atoms with Crippen molar-refractivity contribution in [3.63, 3.8) is 0 Å². The number of fused-ring (bicyclic) bond motifs is 2. The summed E-state index contributed by atoms with van der Waals surface area (Å²) in [5.41, 5.74) is 1.24. The topological polar surface area (TPSA) is 59.4 Å². The first-order chi connectivity index (χ1) is 8.59. The number of nitrogens with zero attached hydrogens (tertiary/aromatic N) is 2. The SMILES string of the molecule is CC1=CC2C(=O)c3nccc(Cl)c3C(=O)C2N=C1. The zero-order valence-electron chi connectivity index (χ0n) is 9.55. The number of aromatic nitrogens is 1. The van der Waals surface area contributed by atoms with Crippen LogP contribution in [0, 0.1) is 5.92 Å². The largest absolute Gasteiger partial charge is 0.292 e. The minimum atomic E-state index is -0.685. The molecule has 2 aliphatic rings. The molecule has 1 aromatic rings. The highest BCUT2D eigenvalue weighted by Gasteiger charge is 2.43. The van der Waals surface area contributed by atoms with Gasteiger partial charge < -0.3 is 0 Å². The zero-order chi connectivity index (χ0) is 12.9. The van der Waals surface area contributed by atoms with Gasteiger partial charge in [0, 0.05) is 12.4 Å². The van der Waals surface area contributed by atoms with Crippen molar-refractivity contribution in [2.45, 2.75) is 13.0 Å². The van der Waals surface area contributed by atoms with Crippen molar-refractivity contribution < 1.29 is 9.59 Å². The highest BCUT2D eigenvalue weighted by molar-refractivity contribution is 6.36. The molecule has 18 heavy (non-hydrogen) atoms. The third-order valence-electron chi connectivity index (χ3n) is 3.17. The normalized spacial score (nSPS) is 25.6. The van der Waals surface area contributed by atoms with E-state index in [-0.39, 0.29) is 27.8 Å². The number of dihydropyridines is 1. The molecule has 1 aliphatic heterocycles. The second kappa shape index (κ2) is 3.85. The van der Waals surface area contributed by atoms with Gasteiger partial charge in [0.1, 0.15) is 11.7 Å². The Balaban J connectivity index is 2.23. The Morgan fingerprint density at radius 1 is 1.28 bits per heavy atom. The van der Waals surface area contributed by atoms with Crippen molar-refractivity contribution in [3.8, 4) is 0 Å². The third kappa shape index (κ3) is 1.46. The van der Waals surface area contributed by atoms with Gasteiger partial charge in [0.15, 0.2) is 11.6 Å². The third-order valence-corrected chi connectivity index (χ3v) is 3.49. The first kappa shape index (κ1) is 11.3. The number of aliphatic imine (C=N–C) groups is 1. The molecule has 0 radical (unpaired) electrons. The number of Topliss-reactive ketones (excluding diaryl/α,β-unsaturated/α-hetero) is 2. The van der Waals surface area contributed by atoms with E-state index in [1.807, 2.05) is 6.92 Å². The molecule has 90 valence electrons. The fourth-order valence-electron chi connectivity index (χ4n) is 2.32. The Hall–Kier alpha value is -1.81. The van der Waals surface area contributed by atoms with Crippen LogP contribution in [0.5, 0.6) is 0 Å². The molecule has 4 nitrogen and oxygen atoms in total. The molecule has 1 aromatic heterocycles. The Morgan fingerprint density at radius 3 is 2.83 bits per heavy atom. The molecule has 2 unspecified atom stereocenters. The highest BCUT2D eigenvalue weighted by Crippen LogP contribution is 2.33. The van der Waals surface area contributed by atoms with E-state index in [9.17, 15) is 9.59 Å². The van der Waals surface area contributed by atoms with Crippen LogP contribution in [-0.2, 0) is 0 Å². The van der Waals surface area contributed by atoms with Crippen LogP contribution in [0.15, 0.2) is 28.9 Å². The Labute approximate surface area is 108 Å². The molecule has 0 amide bonds. The molecule has 0 saturated heterocycles. The minimum Gasteiger partial charge on any atom is -0.292 e. The maximum absolute atomic E-state index is 12.3. The summed E-state index contributed by atoms with van der Waals surface area (Å²) in [6.07, 6.45) is 4.82. The number of pyridine rings is 1. The van der Waals surface area contributed by atoms with Crippen LogP contribution in [0.25, 0.3) is 0 Å². The summed E-state index contributed by atoms with van der Waals surface area (Å²) in [5, 5.41) is 0.262. The lowest BCUT2D eigenvalue weighted by Gasteiger charge is -2.28. The van der Waals surface area contributed by atoms with Crippen LogP contribution < -0.4 is 0 Å². The first-order valence-electron chi connectivity index (χ1n) is 5.54. The molecule has 0 aromatic carbocycles. The van der Waals surface area contributed by atoms with Crippen molar-refractivity contribution in [1.29, 1.82) is 0 Å². The second-order valence-corrected chi connectivity index (χ2v) is 4.81. The van der Waals surface area contributed by atoms with Gasteiger partial charge in [-0.15, -0.1) is 0 Å². The summed E-state index contributed by atoms with van der Waals surface area (Å²) in [6, 6.07) is 0.829. The quantitative estimate of drug-likeness (QED) is 0.718. The van der Waals surface area contributed by atoms with Crippen LogP contribution >= 0.6 is 11.6 Å². The molecular weight excluding hydrogens is 252 g/mol. The highest BCUT2D eigenvalue weighted by atomic mass is 35.5. The van der Waals surface area contributed by atoms with Crippen LogP contribution in [0.2, 0.25) is 5.02 Å². The summed E-state index contributed by atoms with van der Waals surface area (Å²) in [5.74, 6) is -0.957. The number of ketones is 2. The number of carbonyl (C=O) groups excluding carboxylic acids is 2. The Kier molecular flexibility index (Phi) is 2.41. The molecule has 2 atom stereocenters. The van der Waals surface area contributed by atoms with Gasteiger partial charge in [-0.05, 0) is 18.6 Å². The van der Waals surface area contributed by atoms with E-state index in [0.29, 0.717) is 0 Å². The Morgan fingerprint density at radius 2 is 2.06 bits per heavy atom. The van der Waals surface area contributed by atoms with Crippen LogP contribution in [0.1, 0.15) is 27.8 Å². The van der Waals surface area contributed by atoms with Gasteiger partial charge in [0.25, 0.3) is 0 Å². The summed E-state index contributed by atoms with van der Waals surface area (Å²) < 4.78 is 0. The fourth-order valence-corrected chi connectivity index (χ4v) is 2.56. The molecule has 2 heterocycles. The van der Waals surface area contributed by atoms with Crippen molar-refractivity contribution >= 4 is 29.4 Å². The fraction of sp³-hybridized carbons (Fsp3) is 0.231. The van der Waals surface area contributed by atoms with E-state index < -0.39 is 12.0 Å². The molecule has 0 N–H and O–H groups in total. The molecule has 1 aliphatic carbocycles.